The minimum Gasteiger partial charge on any atom is -0.481 e. The number of rotatable bonds is 6. The average Bonchev–Trinajstić information content (AvgIpc) is 2.39. The molecule has 1 aromatic carbocycles. The van der Waals surface area contributed by atoms with Crippen LogP contribution in [-0.4, -0.2) is 17.6 Å². The fourth-order valence-electron chi connectivity index (χ4n) is 2.20. The van der Waals surface area contributed by atoms with Crippen LogP contribution in [0, 0.1) is 11.8 Å². The Morgan fingerprint density at radius 3 is 2.30 bits per heavy atom. The van der Waals surface area contributed by atoms with Crippen molar-refractivity contribution in [2.45, 2.75) is 26.2 Å². The summed E-state index contributed by atoms with van der Waals surface area (Å²) in [4.78, 5) is 11.1. The third-order valence-electron chi connectivity index (χ3n) is 3.68. The molecule has 112 valence electrons. The zero-order chi connectivity index (χ0) is 15.4. The highest BCUT2D eigenvalue weighted by atomic mass is 35.5. The van der Waals surface area contributed by atoms with Gasteiger partial charge in [-0.25, -0.2) is 0 Å². The van der Waals surface area contributed by atoms with Crippen LogP contribution in [0.2, 0.25) is 15.1 Å². The van der Waals surface area contributed by atoms with Gasteiger partial charge in [-0.15, -0.1) is 0 Å². The number of carboxylic acids is 1. The van der Waals surface area contributed by atoms with Gasteiger partial charge < -0.3 is 10.8 Å². The van der Waals surface area contributed by atoms with Crippen LogP contribution in [0.15, 0.2) is 12.1 Å². The number of halogens is 3. The molecular formula is C14H18Cl3NO2. The Kier molecular flexibility index (Phi) is 6.59. The summed E-state index contributed by atoms with van der Waals surface area (Å²) in [7, 11) is 0. The van der Waals surface area contributed by atoms with Gasteiger partial charge in [0.15, 0.2) is 0 Å². The van der Waals surface area contributed by atoms with Gasteiger partial charge in [-0.3, -0.25) is 4.79 Å². The van der Waals surface area contributed by atoms with Crippen LogP contribution in [0.3, 0.4) is 0 Å². The Balaban J connectivity index is 2.97. The number of carboxylic acid groups (broad SMARTS) is 1. The molecule has 0 radical (unpaired) electrons. The van der Waals surface area contributed by atoms with Crippen LogP contribution in [0.1, 0.15) is 31.7 Å². The molecule has 1 aromatic rings. The molecule has 0 amide bonds. The molecule has 6 heteroatoms. The molecule has 3 atom stereocenters. The maximum Gasteiger partial charge on any atom is 0.307 e. The van der Waals surface area contributed by atoms with E-state index in [1.54, 1.807) is 12.1 Å². The molecule has 3 nitrogen and oxygen atoms in total. The molecule has 0 heterocycles. The van der Waals surface area contributed by atoms with E-state index in [0.29, 0.717) is 21.5 Å². The number of nitrogens with two attached hydrogens (primary N) is 1. The first-order valence-corrected chi connectivity index (χ1v) is 7.49. The zero-order valence-electron chi connectivity index (χ0n) is 11.4. The highest BCUT2D eigenvalue weighted by Gasteiger charge is 2.26. The second-order valence-electron chi connectivity index (χ2n) is 5.03. The van der Waals surface area contributed by atoms with Gasteiger partial charge in [-0.1, -0.05) is 48.7 Å². The van der Waals surface area contributed by atoms with Crippen LogP contribution < -0.4 is 5.73 Å². The summed E-state index contributed by atoms with van der Waals surface area (Å²) >= 11 is 18.4. The van der Waals surface area contributed by atoms with Crippen molar-refractivity contribution < 1.29 is 9.90 Å². The summed E-state index contributed by atoms with van der Waals surface area (Å²) < 4.78 is 0. The number of aliphatic carboxylic acids is 1. The fraction of sp³-hybridized carbons (Fsp3) is 0.500. The summed E-state index contributed by atoms with van der Waals surface area (Å²) in [5, 5.41) is 10.5. The van der Waals surface area contributed by atoms with Crippen LogP contribution in [-0.2, 0) is 4.79 Å². The number of benzene rings is 1. The van der Waals surface area contributed by atoms with Crippen molar-refractivity contribution in [3.63, 3.8) is 0 Å². The molecule has 0 aliphatic rings. The smallest absolute Gasteiger partial charge is 0.307 e. The first-order valence-electron chi connectivity index (χ1n) is 6.35. The van der Waals surface area contributed by atoms with Gasteiger partial charge in [0.1, 0.15) is 0 Å². The Morgan fingerprint density at radius 1 is 1.25 bits per heavy atom. The van der Waals surface area contributed by atoms with Crippen LogP contribution in [0.5, 0.6) is 0 Å². The molecular weight excluding hydrogens is 321 g/mol. The third kappa shape index (κ3) is 4.01. The highest BCUT2D eigenvalue weighted by Crippen LogP contribution is 2.40. The second kappa shape index (κ2) is 7.51. The zero-order valence-corrected chi connectivity index (χ0v) is 13.6. The lowest BCUT2D eigenvalue weighted by Crippen LogP contribution is -2.26. The van der Waals surface area contributed by atoms with Crippen molar-refractivity contribution in [3.8, 4) is 0 Å². The van der Waals surface area contributed by atoms with Gasteiger partial charge in [0.25, 0.3) is 0 Å². The molecule has 0 bridgehead atoms. The summed E-state index contributed by atoms with van der Waals surface area (Å²) in [6.07, 6.45) is 0.464. The third-order valence-corrected chi connectivity index (χ3v) is 4.83. The van der Waals surface area contributed by atoms with Crippen molar-refractivity contribution in [2.75, 3.05) is 6.54 Å². The van der Waals surface area contributed by atoms with Crippen LogP contribution in [0.25, 0.3) is 0 Å². The van der Waals surface area contributed by atoms with Gasteiger partial charge in [0, 0.05) is 11.6 Å². The molecule has 0 saturated heterocycles. The number of carbonyl (C=O) groups is 1. The van der Waals surface area contributed by atoms with E-state index in [9.17, 15) is 4.79 Å². The van der Waals surface area contributed by atoms with E-state index in [-0.39, 0.29) is 18.4 Å². The van der Waals surface area contributed by atoms with E-state index in [4.69, 9.17) is 45.6 Å². The van der Waals surface area contributed by atoms with E-state index >= 15 is 0 Å². The van der Waals surface area contributed by atoms with Crippen molar-refractivity contribution in [2.24, 2.45) is 17.6 Å². The van der Waals surface area contributed by atoms with E-state index in [0.717, 1.165) is 5.56 Å². The molecule has 1 rings (SSSR count). The largest absolute Gasteiger partial charge is 0.481 e. The molecule has 3 N–H and O–H groups in total. The minimum atomic E-state index is -0.880. The molecule has 0 aromatic heterocycles. The Morgan fingerprint density at radius 2 is 1.80 bits per heavy atom. The predicted octanol–water partition coefficient (Wildman–Crippen LogP) is 4.44. The molecule has 3 unspecified atom stereocenters. The van der Waals surface area contributed by atoms with Gasteiger partial charge >= 0.3 is 5.97 Å². The van der Waals surface area contributed by atoms with Crippen molar-refractivity contribution in [1.29, 1.82) is 0 Å². The van der Waals surface area contributed by atoms with E-state index in [1.165, 1.54) is 0 Å². The summed E-state index contributed by atoms with van der Waals surface area (Å²) in [6.45, 7) is 4.04. The van der Waals surface area contributed by atoms with E-state index in [1.807, 2.05) is 13.8 Å². The van der Waals surface area contributed by atoms with E-state index < -0.39 is 11.9 Å². The Labute approximate surface area is 134 Å². The van der Waals surface area contributed by atoms with E-state index in [2.05, 4.69) is 0 Å². The maximum atomic E-state index is 11.1. The number of hydrogen-bond acceptors (Lipinski definition) is 2. The normalized spacial score (nSPS) is 15.7. The SMILES string of the molecule is CC(CC(CN)C(=O)O)C(C)c1c(Cl)ccc(Cl)c1Cl. The summed E-state index contributed by atoms with van der Waals surface area (Å²) in [5.41, 5.74) is 6.25. The van der Waals surface area contributed by atoms with Gasteiger partial charge in [0.05, 0.1) is 16.0 Å². The molecule has 0 spiro atoms. The summed E-state index contributed by atoms with van der Waals surface area (Å²) in [5.74, 6) is -1.39. The molecule has 20 heavy (non-hydrogen) atoms. The lowest BCUT2D eigenvalue weighted by Gasteiger charge is -2.25. The number of hydrogen-bond donors (Lipinski definition) is 2. The van der Waals surface area contributed by atoms with Crippen molar-refractivity contribution >= 4 is 40.8 Å². The van der Waals surface area contributed by atoms with Crippen LogP contribution >= 0.6 is 34.8 Å². The predicted molar refractivity (Wildman–Crippen MR) is 83.8 cm³/mol. The summed E-state index contributed by atoms with van der Waals surface area (Å²) in [6, 6.07) is 3.35. The Hall–Kier alpha value is -0.480. The first-order chi connectivity index (χ1) is 9.29. The second-order valence-corrected chi connectivity index (χ2v) is 6.22. The molecule has 0 aliphatic carbocycles. The van der Waals surface area contributed by atoms with Crippen LogP contribution in [0.4, 0.5) is 0 Å². The maximum absolute atomic E-state index is 11.1. The minimum absolute atomic E-state index is 0.0119. The monoisotopic (exact) mass is 337 g/mol. The lowest BCUT2D eigenvalue weighted by molar-refractivity contribution is -0.142. The standard InChI is InChI=1S/C14H18Cl3NO2/c1-7(5-9(6-18)14(19)20)8(2)12-10(15)3-4-11(16)13(12)17/h3-4,7-9H,5-6,18H2,1-2H3,(H,19,20). The topological polar surface area (TPSA) is 63.3 Å². The van der Waals surface area contributed by atoms with Gasteiger partial charge in [-0.05, 0) is 36.0 Å². The van der Waals surface area contributed by atoms with Crippen molar-refractivity contribution in [1.82, 2.24) is 0 Å². The van der Waals surface area contributed by atoms with Crippen molar-refractivity contribution in [3.05, 3.63) is 32.8 Å². The van der Waals surface area contributed by atoms with Gasteiger partial charge in [-0.2, -0.15) is 0 Å². The quantitative estimate of drug-likeness (QED) is 0.754. The fourth-order valence-corrected chi connectivity index (χ4v) is 3.08. The first kappa shape index (κ1) is 17.6. The lowest BCUT2D eigenvalue weighted by atomic mass is 9.82. The van der Waals surface area contributed by atoms with Gasteiger partial charge in [0.2, 0.25) is 0 Å². The molecule has 0 fully saturated rings. The Bertz CT molecular complexity index is 494. The average molecular weight is 339 g/mol. The molecule has 0 saturated carbocycles. The highest BCUT2D eigenvalue weighted by molar-refractivity contribution is 6.44. The molecule has 0 aliphatic heterocycles.